The Labute approximate surface area is 157 Å². The molecule has 0 spiro atoms. The van der Waals surface area contributed by atoms with Crippen LogP contribution in [0.3, 0.4) is 0 Å². The third-order valence-electron chi connectivity index (χ3n) is 3.68. The molecular formula is C18H17BrF3NO3. The van der Waals surface area contributed by atoms with Gasteiger partial charge in [0, 0.05) is 5.56 Å². The first-order chi connectivity index (χ1) is 12.3. The third kappa shape index (κ3) is 4.91. The molecular weight excluding hydrogens is 415 g/mol. The first-order valence-corrected chi connectivity index (χ1v) is 8.50. The molecule has 0 bridgehead atoms. The number of carbonyl (C=O) groups excluding carboxylic acids is 1. The van der Waals surface area contributed by atoms with Crippen LogP contribution in [-0.2, 0) is 23.9 Å². The number of alkyl halides is 3. The van der Waals surface area contributed by atoms with E-state index in [2.05, 4.69) is 26.0 Å². The van der Waals surface area contributed by atoms with Crippen LogP contribution in [0.1, 0.15) is 23.6 Å². The average Bonchev–Trinajstić information content (AvgIpc) is 2.60. The van der Waals surface area contributed by atoms with Gasteiger partial charge in [0.25, 0.3) is 0 Å². The normalized spacial score (nSPS) is 11.2. The van der Waals surface area contributed by atoms with Crippen molar-refractivity contribution in [3.8, 4) is 5.75 Å². The number of halogens is 4. The Hall–Kier alpha value is -2.22. The van der Waals surface area contributed by atoms with E-state index in [4.69, 9.17) is 4.74 Å². The molecule has 140 valence electrons. The maximum absolute atomic E-state index is 13.3. The fraction of sp³-hybridized carbons (Fsp3) is 0.278. The number of benzene rings is 2. The second-order valence-electron chi connectivity index (χ2n) is 5.35. The quantitative estimate of drug-likeness (QED) is 0.651. The first kappa shape index (κ1) is 20.1. The van der Waals surface area contributed by atoms with E-state index in [9.17, 15) is 18.0 Å². The Morgan fingerprint density at radius 3 is 2.54 bits per heavy atom. The number of aryl methyl sites for hydroxylation is 1. The lowest BCUT2D eigenvalue weighted by Crippen LogP contribution is -2.17. The van der Waals surface area contributed by atoms with Crippen molar-refractivity contribution in [2.75, 3.05) is 12.4 Å². The molecule has 8 heteroatoms. The predicted molar refractivity (Wildman–Crippen MR) is 95.3 cm³/mol. The highest BCUT2D eigenvalue weighted by Gasteiger charge is 2.34. The summed E-state index contributed by atoms with van der Waals surface area (Å²) in [5, 5.41) is 2.29. The fourth-order valence-corrected chi connectivity index (χ4v) is 2.86. The highest BCUT2D eigenvalue weighted by molar-refractivity contribution is 9.10. The van der Waals surface area contributed by atoms with Crippen LogP contribution in [0.15, 0.2) is 40.9 Å². The number of hydrogen-bond acceptors (Lipinski definition) is 3. The average molecular weight is 432 g/mol. The molecule has 2 aromatic carbocycles. The van der Waals surface area contributed by atoms with Gasteiger partial charge < -0.3 is 9.47 Å². The molecule has 2 rings (SSSR count). The van der Waals surface area contributed by atoms with Crippen molar-refractivity contribution in [1.82, 2.24) is 0 Å². The van der Waals surface area contributed by atoms with Crippen molar-refractivity contribution in [2.45, 2.75) is 26.1 Å². The molecule has 1 N–H and O–H groups in total. The topological polar surface area (TPSA) is 47.6 Å². The fourth-order valence-electron chi connectivity index (χ4n) is 2.32. The molecule has 0 radical (unpaired) electrons. The Morgan fingerprint density at radius 1 is 1.23 bits per heavy atom. The Morgan fingerprint density at radius 2 is 1.96 bits per heavy atom. The molecule has 0 aromatic heterocycles. The number of rotatable bonds is 5. The van der Waals surface area contributed by atoms with Gasteiger partial charge in [-0.05, 0) is 52.2 Å². The minimum absolute atomic E-state index is 0.0204. The lowest BCUT2D eigenvalue weighted by atomic mass is 10.1. The van der Waals surface area contributed by atoms with E-state index < -0.39 is 17.8 Å². The molecule has 0 aliphatic carbocycles. The molecule has 0 aliphatic rings. The number of anilines is 1. The maximum Gasteiger partial charge on any atom is 0.416 e. The molecule has 0 unspecified atom stereocenters. The summed E-state index contributed by atoms with van der Waals surface area (Å²) in [5.74, 6) is 0.406. The zero-order chi connectivity index (χ0) is 19.3. The molecule has 4 nitrogen and oxygen atoms in total. The van der Waals surface area contributed by atoms with E-state index in [1.54, 1.807) is 6.07 Å². The van der Waals surface area contributed by atoms with Gasteiger partial charge in [-0.1, -0.05) is 19.1 Å². The maximum atomic E-state index is 13.3. The summed E-state index contributed by atoms with van der Waals surface area (Å²) >= 11 is 3.35. The minimum atomic E-state index is -4.59. The van der Waals surface area contributed by atoms with Crippen molar-refractivity contribution < 1.29 is 27.4 Å². The van der Waals surface area contributed by atoms with Crippen LogP contribution in [0.2, 0.25) is 0 Å². The molecule has 0 fully saturated rings. The number of carbonyl (C=O) groups is 1. The Bertz CT molecular complexity index is 794. The van der Waals surface area contributed by atoms with Gasteiger partial charge in [-0.15, -0.1) is 0 Å². The van der Waals surface area contributed by atoms with Gasteiger partial charge in [-0.2, -0.15) is 13.2 Å². The molecule has 1 amide bonds. The zero-order valence-corrected chi connectivity index (χ0v) is 15.7. The standard InChI is InChI=1S/C18H17BrF3NO3/c1-3-11-7-8-16(14(19)9-11)26-10-12-13(18(20,21)22)5-4-6-15(12)23-17(24)25-2/h4-9H,3,10H2,1-2H3,(H,23,24). The van der Waals surface area contributed by atoms with E-state index >= 15 is 0 Å². The predicted octanol–water partition coefficient (Wildman–Crippen LogP) is 5.79. The molecule has 26 heavy (non-hydrogen) atoms. The molecule has 0 saturated heterocycles. The van der Waals surface area contributed by atoms with Gasteiger partial charge in [0.05, 0.1) is 22.8 Å². The van der Waals surface area contributed by atoms with Crippen LogP contribution in [0.4, 0.5) is 23.7 Å². The van der Waals surface area contributed by atoms with Crippen molar-refractivity contribution in [3.63, 3.8) is 0 Å². The lowest BCUT2D eigenvalue weighted by molar-refractivity contribution is -0.138. The monoisotopic (exact) mass is 431 g/mol. The van der Waals surface area contributed by atoms with Crippen molar-refractivity contribution in [1.29, 1.82) is 0 Å². The SMILES string of the molecule is CCc1ccc(OCc2c(NC(=O)OC)cccc2C(F)(F)F)c(Br)c1. The number of nitrogens with one attached hydrogen (secondary N) is 1. The molecule has 0 saturated carbocycles. The van der Waals surface area contributed by atoms with E-state index in [1.807, 2.05) is 19.1 Å². The first-order valence-electron chi connectivity index (χ1n) is 7.71. The summed E-state index contributed by atoms with van der Waals surface area (Å²) in [6, 6.07) is 8.88. The Kier molecular flexibility index (Phi) is 6.52. The van der Waals surface area contributed by atoms with Gasteiger partial charge in [0.1, 0.15) is 12.4 Å². The van der Waals surface area contributed by atoms with Gasteiger partial charge in [0.2, 0.25) is 0 Å². The van der Waals surface area contributed by atoms with Crippen LogP contribution >= 0.6 is 15.9 Å². The molecule has 2 aromatic rings. The summed E-state index contributed by atoms with van der Waals surface area (Å²) < 4.78 is 50.7. The highest BCUT2D eigenvalue weighted by atomic mass is 79.9. The van der Waals surface area contributed by atoms with Gasteiger partial charge >= 0.3 is 12.3 Å². The van der Waals surface area contributed by atoms with Crippen LogP contribution < -0.4 is 10.1 Å². The van der Waals surface area contributed by atoms with Gasteiger partial charge in [0.15, 0.2) is 0 Å². The number of amides is 1. The van der Waals surface area contributed by atoms with E-state index in [1.165, 1.54) is 12.1 Å². The minimum Gasteiger partial charge on any atom is -0.488 e. The van der Waals surface area contributed by atoms with Crippen molar-refractivity contribution in [3.05, 3.63) is 57.6 Å². The second kappa shape index (κ2) is 8.44. The molecule has 0 atom stereocenters. The van der Waals surface area contributed by atoms with Crippen LogP contribution in [-0.4, -0.2) is 13.2 Å². The van der Waals surface area contributed by atoms with E-state index in [-0.39, 0.29) is 17.9 Å². The highest BCUT2D eigenvalue weighted by Crippen LogP contribution is 2.36. The van der Waals surface area contributed by atoms with Crippen LogP contribution in [0.25, 0.3) is 0 Å². The Balaban J connectivity index is 2.35. The number of methoxy groups -OCH3 is 1. The van der Waals surface area contributed by atoms with E-state index in [0.29, 0.717) is 10.2 Å². The van der Waals surface area contributed by atoms with Crippen LogP contribution in [0, 0.1) is 0 Å². The third-order valence-corrected chi connectivity index (χ3v) is 4.30. The summed E-state index contributed by atoms with van der Waals surface area (Å²) in [6.07, 6.45) is -4.63. The summed E-state index contributed by atoms with van der Waals surface area (Å²) in [5.41, 5.74) is -0.0227. The smallest absolute Gasteiger partial charge is 0.416 e. The number of ether oxygens (including phenoxy) is 2. The van der Waals surface area contributed by atoms with Crippen molar-refractivity contribution >= 4 is 27.7 Å². The second-order valence-corrected chi connectivity index (χ2v) is 6.21. The van der Waals surface area contributed by atoms with Crippen molar-refractivity contribution in [2.24, 2.45) is 0 Å². The number of hydrogen-bond donors (Lipinski definition) is 1. The largest absolute Gasteiger partial charge is 0.488 e. The summed E-state index contributed by atoms with van der Waals surface area (Å²) in [4.78, 5) is 11.4. The molecule has 0 aliphatic heterocycles. The van der Waals surface area contributed by atoms with Gasteiger partial charge in [-0.3, -0.25) is 5.32 Å². The van der Waals surface area contributed by atoms with Gasteiger partial charge in [-0.25, -0.2) is 4.79 Å². The summed E-state index contributed by atoms with van der Waals surface area (Å²) in [7, 11) is 1.13. The summed E-state index contributed by atoms with van der Waals surface area (Å²) in [6.45, 7) is 1.62. The van der Waals surface area contributed by atoms with Crippen LogP contribution in [0.5, 0.6) is 5.75 Å². The zero-order valence-electron chi connectivity index (χ0n) is 14.1. The lowest BCUT2D eigenvalue weighted by Gasteiger charge is -2.18. The molecule has 0 heterocycles. The van der Waals surface area contributed by atoms with E-state index in [0.717, 1.165) is 25.2 Å².